The Morgan fingerprint density at radius 1 is 1.15 bits per heavy atom. The molecular formula is C18H27NO. The largest absolute Gasteiger partial charge is 0.302 e. The van der Waals surface area contributed by atoms with Crippen molar-refractivity contribution in [3.05, 3.63) is 34.9 Å². The molecule has 1 aliphatic rings. The summed E-state index contributed by atoms with van der Waals surface area (Å²) in [5.41, 5.74) is 4.46. The topological polar surface area (TPSA) is 20.3 Å². The van der Waals surface area contributed by atoms with Crippen LogP contribution in [0.1, 0.15) is 50.3 Å². The van der Waals surface area contributed by atoms with Gasteiger partial charge >= 0.3 is 0 Å². The molecule has 0 aliphatic carbocycles. The molecule has 1 heterocycles. The van der Waals surface area contributed by atoms with Crippen LogP contribution >= 0.6 is 0 Å². The third kappa shape index (κ3) is 3.92. The molecule has 0 amide bonds. The zero-order chi connectivity index (χ0) is 14.8. The molecule has 0 N–H and O–H groups in total. The predicted octanol–water partition coefficient (Wildman–Crippen LogP) is 3.50. The summed E-state index contributed by atoms with van der Waals surface area (Å²) in [7, 11) is 0. The van der Waals surface area contributed by atoms with E-state index in [-0.39, 0.29) is 5.41 Å². The van der Waals surface area contributed by atoms with Crippen molar-refractivity contribution >= 4 is 5.78 Å². The predicted molar refractivity (Wildman–Crippen MR) is 84.3 cm³/mol. The molecule has 0 aromatic heterocycles. The Hall–Kier alpha value is -1.15. The van der Waals surface area contributed by atoms with E-state index in [1.54, 1.807) is 0 Å². The second-order valence-electron chi connectivity index (χ2n) is 7.02. The number of ketones is 1. The SMILES string of the molecule is Cc1cc(C(C)(C)C)ccc1CCN1CCC(=O)CC1. The van der Waals surface area contributed by atoms with Crippen LogP contribution in [0, 0.1) is 6.92 Å². The van der Waals surface area contributed by atoms with Crippen molar-refractivity contribution in [2.24, 2.45) is 0 Å². The summed E-state index contributed by atoms with van der Waals surface area (Å²) >= 11 is 0. The van der Waals surface area contributed by atoms with Gasteiger partial charge in [-0.15, -0.1) is 0 Å². The lowest BCUT2D eigenvalue weighted by Crippen LogP contribution is -2.35. The first kappa shape index (κ1) is 15.2. The van der Waals surface area contributed by atoms with Crippen LogP contribution in [0.4, 0.5) is 0 Å². The Balaban J connectivity index is 1.95. The summed E-state index contributed by atoms with van der Waals surface area (Å²) in [6.45, 7) is 11.9. The Morgan fingerprint density at radius 2 is 1.80 bits per heavy atom. The second kappa shape index (κ2) is 6.09. The van der Waals surface area contributed by atoms with E-state index in [9.17, 15) is 4.79 Å². The van der Waals surface area contributed by atoms with E-state index < -0.39 is 0 Å². The monoisotopic (exact) mass is 273 g/mol. The van der Waals surface area contributed by atoms with Crippen molar-refractivity contribution in [1.29, 1.82) is 0 Å². The van der Waals surface area contributed by atoms with Crippen molar-refractivity contribution in [3.63, 3.8) is 0 Å². The fourth-order valence-electron chi connectivity index (χ4n) is 2.75. The molecule has 1 aromatic rings. The van der Waals surface area contributed by atoms with E-state index in [0.717, 1.165) is 38.9 Å². The minimum atomic E-state index is 0.219. The maximum Gasteiger partial charge on any atom is 0.135 e. The molecule has 2 nitrogen and oxygen atoms in total. The maximum atomic E-state index is 11.2. The first-order chi connectivity index (χ1) is 9.36. The summed E-state index contributed by atoms with van der Waals surface area (Å²) in [5.74, 6) is 0.423. The van der Waals surface area contributed by atoms with E-state index in [4.69, 9.17) is 0 Å². The lowest BCUT2D eigenvalue weighted by atomic mass is 9.85. The molecule has 1 saturated heterocycles. The number of hydrogen-bond donors (Lipinski definition) is 0. The molecule has 110 valence electrons. The number of benzene rings is 1. The minimum absolute atomic E-state index is 0.219. The number of carbonyl (C=O) groups excluding carboxylic acids is 1. The van der Waals surface area contributed by atoms with Crippen LogP contribution in [-0.4, -0.2) is 30.3 Å². The first-order valence-electron chi connectivity index (χ1n) is 7.70. The lowest BCUT2D eigenvalue weighted by molar-refractivity contribution is -0.121. The zero-order valence-corrected chi connectivity index (χ0v) is 13.3. The number of aryl methyl sites for hydroxylation is 1. The summed E-state index contributed by atoms with van der Waals surface area (Å²) < 4.78 is 0. The fourth-order valence-corrected chi connectivity index (χ4v) is 2.75. The van der Waals surface area contributed by atoms with Crippen LogP contribution in [0.2, 0.25) is 0 Å². The highest BCUT2D eigenvalue weighted by Crippen LogP contribution is 2.24. The average molecular weight is 273 g/mol. The van der Waals surface area contributed by atoms with Crippen molar-refractivity contribution in [1.82, 2.24) is 4.90 Å². The average Bonchev–Trinajstić information content (AvgIpc) is 2.38. The normalized spacial score (nSPS) is 17.5. The molecule has 1 fully saturated rings. The van der Waals surface area contributed by atoms with E-state index in [1.807, 2.05) is 0 Å². The van der Waals surface area contributed by atoms with Crippen molar-refractivity contribution < 1.29 is 4.79 Å². The number of likely N-dealkylation sites (tertiary alicyclic amines) is 1. The molecule has 0 saturated carbocycles. The summed E-state index contributed by atoms with van der Waals surface area (Å²) in [6.07, 6.45) is 2.56. The third-order valence-corrected chi connectivity index (χ3v) is 4.32. The van der Waals surface area contributed by atoms with Crippen molar-refractivity contribution in [2.45, 2.75) is 52.4 Å². The Kier molecular flexibility index (Phi) is 4.64. The highest BCUT2D eigenvalue weighted by Gasteiger charge is 2.17. The van der Waals surface area contributed by atoms with Crippen LogP contribution in [0.15, 0.2) is 18.2 Å². The molecule has 0 spiro atoms. The Morgan fingerprint density at radius 3 is 2.35 bits per heavy atom. The van der Waals surface area contributed by atoms with Crippen molar-refractivity contribution in [3.8, 4) is 0 Å². The number of piperidine rings is 1. The zero-order valence-electron chi connectivity index (χ0n) is 13.3. The van der Waals surface area contributed by atoms with Gasteiger partial charge in [0.05, 0.1) is 0 Å². The molecule has 2 heteroatoms. The molecule has 0 atom stereocenters. The van der Waals surface area contributed by atoms with Gasteiger partial charge in [-0.2, -0.15) is 0 Å². The van der Waals surface area contributed by atoms with E-state index in [2.05, 4.69) is 50.8 Å². The highest BCUT2D eigenvalue weighted by molar-refractivity contribution is 5.79. The standard InChI is InChI=1S/C18H27NO/c1-14-13-16(18(2,3)4)6-5-15(14)7-10-19-11-8-17(20)9-12-19/h5-6,13H,7-12H2,1-4H3. The van der Waals surface area contributed by atoms with E-state index in [0.29, 0.717) is 5.78 Å². The lowest BCUT2D eigenvalue weighted by Gasteiger charge is -2.26. The first-order valence-corrected chi connectivity index (χ1v) is 7.70. The molecule has 0 radical (unpaired) electrons. The second-order valence-corrected chi connectivity index (χ2v) is 7.02. The summed E-state index contributed by atoms with van der Waals surface area (Å²) in [5, 5.41) is 0. The highest BCUT2D eigenvalue weighted by atomic mass is 16.1. The Labute approximate surface area is 123 Å². The summed E-state index contributed by atoms with van der Waals surface area (Å²) in [4.78, 5) is 13.7. The van der Waals surface area contributed by atoms with E-state index >= 15 is 0 Å². The van der Waals surface area contributed by atoms with Crippen LogP contribution in [0.25, 0.3) is 0 Å². The smallest absolute Gasteiger partial charge is 0.135 e. The van der Waals surface area contributed by atoms with Gasteiger partial charge in [0, 0.05) is 32.5 Å². The minimum Gasteiger partial charge on any atom is -0.302 e. The molecule has 1 aromatic carbocycles. The molecule has 20 heavy (non-hydrogen) atoms. The van der Waals surface area contributed by atoms with Crippen LogP contribution in [0.3, 0.4) is 0 Å². The number of Topliss-reactive ketones (excluding diaryl/α,β-unsaturated/α-hetero) is 1. The molecule has 2 rings (SSSR count). The summed E-state index contributed by atoms with van der Waals surface area (Å²) in [6, 6.07) is 6.88. The number of hydrogen-bond acceptors (Lipinski definition) is 2. The third-order valence-electron chi connectivity index (χ3n) is 4.32. The fraction of sp³-hybridized carbons (Fsp3) is 0.611. The molecule has 0 bridgehead atoms. The maximum absolute atomic E-state index is 11.2. The van der Waals surface area contributed by atoms with Gasteiger partial charge in [-0.1, -0.05) is 39.0 Å². The Bertz CT molecular complexity index is 475. The quantitative estimate of drug-likeness (QED) is 0.840. The van der Waals surface area contributed by atoms with Crippen molar-refractivity contribution in [2.75, 3.05) is 19.6 Å². The van der Waals surface area contributed by atoms with Crippen LogP contribution < -0.4 is 0 Å². The van der Waals surface area contributed by atoms with Gasteiger partial charge in [0.25, 0.3) is 0 Å². The molecule has 0 unspecified atom stereocenters. The van der Waals surface area contributed by atoms with E-state index in [1.165, 1.54) is 16.7 Å². The van der Waals surface area contributed by atoms with Gasteiger partial charge in [0.2, 0.25) is 0 Å². The number of rotatable bonds is 3. The van der Waals surface area contributed by atoms with Crippen LogP contribution in [-0.2, 0) is 16.6 Å². The van der Waals surface area contributed by atoms with Gasteiger partial charge in [0.15, 0.2) is 0 Å². The van der Waals surface area contributed by atoms with Gasteiger partial charge in [-0.05, 0) is 35.4 Å². The van der Waals surface area contributed by atoms with Gasteiger partial charge in [-0.25, -0.2) is 0 Å². The molecular weight excluding hydrogens is 246 g/mol. The van der Waals surface area contributed by atoms with Gasteiger partial charge in [0.1, 0.15) is 5.78 Å². The van der Waals surface area contributed by atoms with Gasteiger partial charge < -0.3 is 4.90 Å². The molecule has 1 aliphatic heterocycles. The van der Waals surface area contributed by atoms with Crippen LogP contribution in [0.5, 0.6) is 0 Å². The number of nitrogens with zero attached hydrogens (tertiary/aromatic N) is 1. The number of carbonyl (C=O) groups is 1. The van der Waals surface area contributed by atoms with Gasteiger partial charge in [-0.3, -0.25) is 4.79 Å².